The molecular weight excluding hydrogens is 180 g/mol. The summed E-state index contributed by atoms with van der Waals surface area (Å²) in [5, 5.41) is 2.83. The van der Waals surface area contributed by atoms with Crippen molar-refractivity contribution < 1.29 is 4.79 Å². The summed E-state index contributed by atoms with van der Waals surface area (Å²) >= 11 is 0. The number of nitrogens with one attached hydrogen (secondary N) is 2. The molecule has 0 unspecified atom stereocenters. The molecule has 1 aliphatic rings. The van der Waals surface area contributed by atoms with Gasteiger partial charge in [-0.2, -0.15) is 0 Å². The first-order chi connectivity index (χ1) is 6.61. The van der Waals surface area contributed by atoms with Gasteiger partial charge >= 0.3 is 0 Å². The third-order valence-electron chi connectivity index (χ3n) is 2.48. The first kappa shape index (κ1) is 8.99. The van der Waals surface area contributed by atoms with Gasteiger partial charge in [0.25, 0.3) is 5.91 Å². The molecule has 0 saturated heterocycles. The van der Waals surface area contributed by atoms with E-state index in [0.29, 0.717) is 0 Å². The van der Waals surface area contributed by atoms with Gasteiger partial charge in [0.2, 0.25) is 0 Å². The standard InChI is InChI=1S/C10H12N2O2/c1-10(3-4-10)12-9(14)7-6-11-5-2-8(7)13/h2,5-6H,3-4H2,1H3,(H,11,13)(H,12,14). The summed E-state index contributed by atoms with van der Waals surface area (Å²) in [6.07, 6.45) is 4.92. The maximum atomic E-state index is 11.6. The number of hydrogen-bond acceptors (Lipinski definition) is 2. The molecule has 1 aliphatic carbocycles. The fourth-order valence-electron chi connectivity index (χ4n) is 1.25. The van der Waals surface area contributed by atoms with Crippen LogP contribution >= 0.6 is 0 Å². The molecule has 14 heavy (non-hydrogen) atoms. The van der Waals surface area contributed by atoms with E-state index in [1.807, 2.05) is 6.92 Å². The van der Waals surface area contributed by atoms with Crippen molar-refractivity contribution in [1.29, 1.82) is 0 Å². The van der Waals surface area contributed by atoms with Crippen LogP contribution in [0, 0.1) is 0 Å². The average Bonchev–Trinajstić information content (AvgIpc) is 2.84. The van der Waals surface area contributed by atoms with Crippen LogP contribution in [0.1, 0.15) is 30.1 Å². The zero-order valence-corrected chi connectivity index (χ0v) is 7.96. The van der Waals surface area contributed by atoms with Crippen LogP contribution < -0.4 is 10.7 Å². The van der Waals surface area contributed by atoms with Crippen LogP contribution in [-0.2, 0) is 0 Å². The summed E-state index contributed by atoms with van der Waals surface area (Å²) in [4.78, 5) is 25.6. The summed E-state index contributed by atoms with van der Waals surface area (Å²) in [6.45, 7) is 1.97. The van der Waals surface area contributed by atoms with Crippen LogP contribution in [0.5, 0.6) is 0 Å². The van der Waals surface area contributed by atoms with Crippen LogP contribution in [0.3, 0.4) is 0 Å². The highest BCUT2D eigenvalue weighted by Gasteiger charge is 2.39. The Labute approximate surface area is 81.3 Å². The van der Waals surface area contributed by atoms with Gasteiger partial charge in [-0.1, -0.05) is 0 Å². The molecule has 1 saturated carbocycles. The first-order valence-corrected chi connectivity index (χ1v) is 4.60. The predicted molar refractivity (Wildman–Crippen MR) is 52.2 cm³/mol. The number of amides is 1. The van der Waals surface area contributed by atoms with Crippen LogP contribution in [0.2, 0.25) is 0 Å². The van der Waals surface area contributed by atoms with E-state index in [9.17, 15) is 9.59 Å². The largest absolute Gasteiger partial charge is 0.367 e. The van der Waals surface area contributed by atoms with E-state index in [4.69, 9.17) is 0 Å². The fraction of sp³-hybridized carbons (Fsp3) is 0.400. The molecule has 4 nitrogen and oxygen atoms in total. The average molecular weight is 192 g/mol. The lowest BCUT2D eigenvalue weighted by Gasteiger charge is -2.10. The molecule has 0 spiro atoms. The van der Waals surface area contributed by atoms with E-state index in [2.05, 4.69) is 10.3 Å². The number of carbonyl (C=O) groups excluding carboxylic acids is 1. The molecule has 0 aliphatic heterocycles. The second kappa shape index (κ2) is 2.97. The van der Waals surface area contributed by atoms with E-state index >= 15 is 0 Å². The maximum absolute atomic E-state index is 11.6. The highest BCUT2D eigenvalue weighted by molar-refractivity contribution is 5.94. The van der Waals surface area contributed by atoms with Crippen molar-refractivity contribution in [2.24, 2.45) is 0 Å². The van der Waals surface area contributed by atoms with Crippen molar-refractivity contribution in [1.82, 2.24) is 10.3 Å². The molecule has 2 rings (SSSR count). The Morgan fingerprint density at radius 3 is 2.86 bits per heavy atom. The zero-order valence-electron chi connectivity index (χ0n) is 7.96. The third-order valence-corrected chi connectivity index (χ3v) is 2.48. The van der Waals surface area contributed by atoms with E-state index in [1.54, 1.807) is 0 Å². The molecule has 1 aromatic heterocycles. The molecule has 74 valence electrons. The highest BCUT2D eigenvalue weighted by Crippen LogP contribution is 2.34. The molecule has 1 fully saturated rings. The summed E-state index contributed by atoms with van der Waals surface area (Å²) in [6, 6.07) is 1.35. The lowest BCUT2D eigenvalue weighted by Crippen LogP contribution is -2.36. The molecule has 0 radical (unpaired) electrons. The normalized spacial score (nSPS) is 17.5. The molecule has 0 aromatic carbocycles. The Hall–Kier alpha value is -1.58. The zero-order chi connectivity index (χ0) is 10.2. The Kier molecular flexibility index (Phi) is 1.91. The van der Waals surface area contributed by atoms with Crippen LogP contribution in [0.4, 0.5) is 0 Å². The molecule has 0 bridgehead atoms. The van der Waals surface area contributed by atoms with Gasteiger partial charge in [0, 0.05) is 24.0 Å². The summed E-state index contributed by atoms with van der Waals surface area (Å²) in [5.41, 5.74) is -0.148. The minimum Gasteiger partial charge on any atom is -0.367 e. The molecule has 1 amide bonds. The van der Waals surface area contributed by atoms with Gasteiger partial charge in [-0.05, 0) is 19.8 Å². The number of hydrogen-bond donors (Lipinski definition) is 2. The molecule has 1 heterocycles. The Morgan fingerprint density at radius 2 is 2.29 bits per heavy atom. The minimum absolute atomic E-state index is 0.0840. The highest BCUT2D eigenvalue weighted by atomic mass is 16.2. The van der Waals surface area contributed by atoms with Gasteiger partial charge in [-0.15, -0.1) is 0 Å². The van der Waals surface area contributed by atoms with Crippen molar-refractivity contribution in [2.45, 2.75) is 25.3 Å². The molecule has 0 atom stereocenters. The Bertz CT molecular complexity index is 418. The van der Waals surface area contributed by atoms with Gasteiger partial charge in [0.05, 0.1) is 0 Å². The molecule has 4 heteroatoms. The van der Waals surface area contributed by atoms with Gasteiger partial charge in [0.15, 0.2) is 5.43 Å². The van der Waals surface area contributed by atoms with Crippen LogP contribution in [0.15, 0.2) is 23.3 Å². The van der Waals surface area contributed by atoms with Crippen LogP contribution in [-0.4, -0.2) is 16.4 Å². The topological polar surface area (TPSA) is 62.0 Å². The second-order valence-corrected chi connectivity index (χ2v) is 3.94. The summed E-state index contributed by atoms with van der Waals surface area (Å²) in [5.74, 6) is -0.285. The van der Waals surface area contributed by atoms with E-state index < -0.39 is 0 Å². The summed E-state index contributed by atoms with van der Waals surface area (Å²) in [7, 11) is 0. The second-order valence-electron chi connectivity index (χ2n) is 3.94. The van der Waals surface area contributed by atoms with E-state index in [-0.39, 0.29) is 22.4 Å². The number of rotatable bonds is 2. The number of aromatic amines is 1. The Balaban J connectivity index is 2.19. The van der Waals surface area contributed by atoms with Crippen molar-refractivity contribution in [3.8, 4) is 0 Å². The van der Waals surface area contributed by atoms with E-state index in [1.165, 1.54) is 18.5 Å². The quantitative estimate of drug-likeness (QED) is 0.723. The SMILES string of the molecule is CC1(NC(=O)c2c[nH]ccc2=O)CC1. The van der Waals surface area contributed by atoms with Gasteiger partial charge in [0.1, 0.15) is 5.56 Å². The lowest BCUT2D eigenvalue weighted by atomic mass is 10.2. The maximum Gasteiger partial charge on any atom is 0.257 e. The van der Waals surface area contributed by atoms with Crippen molar-refractivity contribution in [3.05, 3.63) is 34.2 Å². The number of carbonyl (C=O) groups is 1. The fourth-order valence-corrected chi connectivity index (χ4v) is 1.25. The summed E-state index contributed by atoms with van der Waals surface area (Å²) < 4.78 is 0. The van der Waals surface area contributed by atoms with Gasteiger partial charge in [-0.3, -0.25) is 9.59 Å². The number of H-pyrrole nitrogens is 1. The molecular formula is C10H12N2O2. The van der Waals surface area contributed by atoms with Crippen molar-refractivity contribution in [3.63, 3.8) is 0 Å². The molecule has 1 aromatic rings. The number of pyridine rings is 1. The smallest absolute Gasteiger partial charge is 0.257 e. The lowest BCUT2D eigenvalue weighted by molar-refractivity contribution is 0.0934. The van der Waals surface area contributed by atoms with Gasteiger partial charge in [-0.25, -0.2) is 0 Å². The first-order valence-electron chi connectivity index (χ1n) is 4.60. The number of aromatic nitrogens is 1. The van der Waals surface area contributed by atoms with E-state index in [0.717, 1.165) is 12.8 Å². The van der Waals surface area contributed by atoms with Crippen molar-refractivity contribution in [2.75, 3.05) is 0 Å². The molecule has 2 N–H and O–H groups in total. The van der Waals surface area contributed by atoms with Crippen molar-refractivity contribution >= 4 is 5.91 Å². The van der Waals surface area contributed by atoms with Crippen LogP contribution in [0.25, 0.3) is 0 Å². The minimum atomic E-state index is -0.285. The Morgan fingerprint density at radius 1 is 1.57 bits per heavy atom. The predicted octanol–water partition coefficient (Wildman–Crippen LogP) is 0.657. The van der Waals surface area contributed by atoms with Gasteiger partial charge < -0.3 is 10.3 Å². The monoisotopic (exact) mass is 192 g/mol. The third kappa shape index (κ3) is 1.69.